The van der Waals surface area contributed by atoms with Crippen molar-refractivity contribution in [1.29, 1.82) is 0 Å². The summed E-state index contributed by atoms with van der Waals surface area (Å²) >= 11 is 0. The molecule has 32 heavy (non-hydrogen) atoms. The third-order valence-corrected chi connectivity index (χ3v) is 4.22. The van der Waals surface area contributed by atoms with Crippen LogP contribution in [0.2, 0.25) is 0 Å². The van der Waals surface area contributed by atoms with Crippen LogP contribution in [0.15, 0.2) is 52.7 Å². The van der Waals surface area contributed by atoms with Crippen molar-refractivity contribution >= 4 is 35.7 Å². The molecule has 1 aliphatic heterocycles. The molecule has 0 fully saturated rings. The van der Waals surface area contributed by atoms with Gasteiger partial charge in [-0.05, 0) is 45.9 Å². The number of nitrogens with two attached hydrogens (primary N) is 1. The molecule has 1 aliphatic rings. The van der Waals surface area contributed by atoms with Crippen molar-refractivity contribution in [3.05, 3.63) is 53.9 Å². The van der Waals surface area contributed by atoms with Crippen LogP contribution in [-0.4, -0.2) is 56.2 Å². The molecule has 3 rings (SSSR count). The third-order valence-electron chi connectivity index (χ3n) is 4.22. The van der Waals surface area contributed by atoms with Gasteiger partial charge in [-0.1, -0.05) is 12.1 Å². The molecule has 168 valence electrons. The van der Waals surface area contributed by atoms with Crippen molar-refractivity contribution in [3.8, 4) is 0 Å². The minimum atomic E-state index is -0.940. The van der Waals surface area contributed by atoms with Gasteiger partial charge in [-0.2, -0.15) is 9.98 Å². The predicted molar refractivity (Wildman–Crippen MR) is 119 cm³/mol. The number of aliphatic imine (C=N–C) groups is 2. The molecule has 1 atom stereocenters. The van der Waals surface area contributed by atoms with E-state index in [1.165, 1.54) is 12.4 Å². The second kappa shape index (κ2) is 8.92. The first-order chi connectivity index (χ1) is 15.1. The van der Waals surface area contributed by atoms with Crippen molar-refractivity contribution in [2.45, 2.75) is 39.3 Å². The lowest BCUT2D eigenvalue weighted by Gasteiger charge is -2.22. The second-order valence-corrected chi connectivity index (χ2v) is 7.84. The Labute approximate surface area is 185 Å². The number of nitrogens with zero attached hydrogens (tertiary/aromatic N) is 5. The Morgan fingerprint density at radius 1 is 1.12 bits per heavy atom. The number of amides is 3. The van der Waals surface area contributed by atoms with Gasteiger partial charge in [0, 0.05) is 13.8 Å². The van der Waals surface area contributed by atoms with Crippen LogP contribution in [0, 0.1) is 0 Å². The minimum absolute atomic E-state index is 0. The number of aromatic nitrogens is 2. The molecule has 2 heterocycles. The zero-order valence-electron chi connectivity index (χ0n) is 18.1. The molecular formula is C21H25N7O4. The van der Waals surface area contributed by atoms with E-state index < -0.39 is 29.6 Å². The van der Waals surface area contributed by atoms with E-state index in [2.05, 4.69) is 25.3 Å². The average Bonchev–Trinajstić information content (AvgIpc) is 2.97. The number of alkyl carbamates (subject to hydrolysis) is 1. The lowest BCUT2D eigenvalue weighted by molar-refractivity contribution is 0.0559. The third kappa shape index (κ3) is 5.12. The highest BCUT2D eigenvalue weighted by Crippen LogP contribution is 2.25. The zero-order valence-corrected chi connectivity index (χ0v) is 18.1. The molecule has 11 heteroatoms. The number of nitrogens with one attached hydrogen (secondary N) is 1. The first-order valence-electron chi connectivity index (χ1n) is 9.73. The normalized spacial score (nSPS) is 15.4. The zero-order chi connectivity index (χ0) is 23.5. The molecule has 0 saturated carbocycles. The first kappa shape index (κ1) is 22.5. The Balaban J connectivity index is 0.00000385. The van der Waals surface area contributed by atoms with E-state index in [4.69, 9.17) is 10.5 Å². The van der Waals surface area contributed by atoms with E-state index in [9.17, 15) is 14.4 Å². The van der Waals surface area contributed by atoms with Crippen molar-refractivity contribution in [2.75, 3.05) is 0 Å². The second-order valence-electron chi connectivity index (χ2n) is 7.84. The minimum Gasteiger partial charge on any atom is -0.444 e. The molecule has 11 nitrogen and oxygen atoms in total. The number of benzene rings is 1. The van der Waals surface area contributed by atoms with Gasteiger partial charge in [0.05, 0.1) is 17.2 Å². The number of hydrogen-bond acceptors (Lipinski definition) is 7. The summed E-state index contributed by atoms with van der Waals surface area (Å²) in [7, 11) is 0. The number of fused-ring (bicyclic) bond motifs is 1. The quantitative estimate of drug-likeness (QED) is 0.423. The SMILES string of the molecule is CC(/C(N=C(N)NC(=O)OC(C)(C)C)=N\c1ncccn1)N1C(=O)c2ccccc2C1=O.[HH]. The molecule has 0 spiro atoms. The van der Waals surface area contributed by atoms with Gasteiger partial charge in [0.2, 0.25) is 5.96 Å². The number of imide groups is 1. The van der Waals surface area contributed by atoms with E-state index in [0.717, 1.165) is 4.90 Å². The fourth-order valence-electron chi connectivity index (χ4n) is 2.90. The van der Waals surface area contributed by atoms with Crippen LogP contribution in [0.5, 0.6) is 0 Å². The topological polar surface area (TPSA) is 152 Å². The lowest BCUT2D eigenvalue weighted by atomic mass is 10.1. The summed E-state index contributed by atoms with van der Waals surface area (Å²) < 4.78 is 5.15. The molecule has 3 amide bonds. The van der Waals surface area contributed by atoms with Crippen LogP contribution in [0.4, 0.5) is 10.7 Å². The summed E-state index contributed by atoms with van der Waals surface area (Å²) in [6, 6.07) is 7.15. The van der Waals surface area contributed by atoms with Gasteiger partial charge in [0.25, 0.3) is 17.8 Å². The fraction of sp³-hybridized carbons (Fsp3) is 0.286. The predicted octanol–water partition coefficient (Wildman–Crippen LogP) is 2.28. The Kier molecular flexibility index (Phi) is 6.28. The van der Waals surface area contributed by atoms with Gasteiger partial charge in [-0.3, -0.25) is 19.8 Å². The van der Waals surface area contributed by atoms with Gasteiger partial charge in [0.15, 0.2) is 5.84 Å². The highest BCUT2D eigenvalue weighted by atomic mass is 16.6. The van der Waals surface area contributed by atoms with Crippen molar-refractivity contribution in [3.63, 3.8) is 0 Å². The van der Waals surface area contributed by atoms with Crippen LogP contribution >= 0.6 is 0 Å². The summed E-state index contributed by atoms with van der Waals surface area (Å²) in [6.07, 6.45) is 2.13. The molecule has 0 bridgehead atoms. The molecular weight excluding hydrogens is 414 g/mol. The van der Waals surface area contributed by atoms with Crippen LogP contribution in [0.1, 0.15) is 49.8 Å². The monoisotopic (exact) mass is 439 g/mol. The molecule has 3 N–H and O–H groups in total. The standard InChI is InChI=1S/C21H23N7O4.H2/c1-12(28-16(29)13-8-5-6-9-14(13)17(28)30)15(26-19-23-10-7-11-24-19)25-18(22)27-20(31)32-21(2,3)4;/h5-12H,1-4H3,(H3,22,23,24,25,26,27,31);1H. The average molecular weight is 439 g/mol. The maximum absolute atomic E-state index is 12.9. The molecule has 2 aromatic rings. The Bertz CT molecular complexity index is 1080. The van der Waals surface area contributed by atoms with E-state index in [1.807, 2.05) is 0 Å². The van der Waals surface area contributed by atoms with Crippen LogP contribution in [0.3, 0.4) is 0 Å². The van der Waals surface area contributed by atoms with Gasteiger partial charge < -0.3 is 10.5 Å². The molecule has 0 saturated heterocycles. The number of carbonyl (C=O) groups is 3. The van der Waals surface area contributed by atoms with Gasteiger partial charge >= 0.3 is 6.09 Å². The summed E-state index contributed by atoms with van der Waals surface area (Å²) in [6.45, 7) is 6.66. The Morgan fingerprint density at radius 3 is 2.22 bits per heavy atom. The van der Waals surface area contributed by atoms with E-state index in [1.54, 1.807) is 58.0 Å². The summed E-state index contributed by atoms with van der Waals surface area (Å²) in [5.41, 5.74) is 5.68. The Hall–Kier alpha value is -4.15. The largest absolute Gasteiger partial charge is 0.444 e. The first-order valence-corrected chi connectivity index (χ1v) is 9.73. The summed E-state index contributed by atoms with van der Waals surface area (Å²) in [5.74, 6) is -1.33. The molecule has 0 radical (unpaired) electrons. The highest BCUT2D eigenvalue weighted by molar-refractivity contribution is 6.23. The van der Waals surface area contributed by atoms with E-state index >= 15 is 0 Å². The number of ether oxygens (including phenoxy) is 1. The van der Waals surface area contributed by atoms with Crippen molar-refractivity contribution in [1.82, 2.24) is 20.2 Å². The van der Waals surface area contributed by atoms with Gasteiger partial charge in [-0.25, -0.2) is 14.8 Å². The molecule has 1 unspecified atom stereocenters. The molecule has 0 aliphatic carbocycles. The van der Waals surface area contributed by atoms with Gasteiger partial charge in [0.1, 0.15) is 5.60 Å². The number of hydrogen-bond donors (Lipinski definition) is 2. The fourth-order valence-corrected chi connectivity index (χ4v) is 2.90. The van der Waals surface area contributed by atoms with E-state index in [-0.39, 0.29) is 30.3 Å². The van der Waals surface area contributed by atoms with Gasteiger partial charge in [-0.15, -0.1) is 0 Å². The summed E-state index contributed by atoms with van der Waals surface area (Å²) in [4.78, 5) is 55.2. The Morgan fingerprint density at radius 2 is 1.69 bits per heavy atom. The van der Waals surface area contributed by atoms with Crippen molar-refractivity contribution in [2.24, 2.45) is 15.7 Å². The number of guanidine groups is 1. The maximum Gasteiger partial charge on any atom is 0.414 e. The summed E-state index contributed by atoms with van der Waals surface area (Å²) in [5, 5.41) is 2.29. The van der Waals surface area contributed by atoms with E-state index in [0.29, 0.717) is 0 Å². The van der Waals surface area contributed by atoms with Crippen LogP contribution in [-0.2, 0) is 4.74 Å². The molecule has 1 aromatic heterocycles. The van der Waals surface area contributed by atoms with Crippen LogP contribution in [0.25, 0.3) is 0 Å². The highest BCUT2D eigenvalue weighted by Gasteiger charge is 2.40. The van der Waals surface area contributed by atoms with Crippen LogP contribution < -0.4 is 11.1 Å². The lowest BCUT2D eigenvalue weighted by Crippen LogP contribution is -2.45. The maximum atomic E-state index is 12.9. The number of rotatable bonds is 3. The smallest absolute Gasteiger partial charge is 0.414 e. The number of carbonyl (C=O) groups excluding carboxylic acids is 3. The molecule has 1 aromatic carbocycles. The number of amidine groups is 1. The van der Waals surface area contributed by atoms with Crippen molar-refractivity contribution < 1.29 is 20.5 Å².